The molecule has 1 aliphatic carbocycles. The van der Waals surface area contributed by atoms with Crippen LogP contribution in [0.5, 0.6) is 0 Å². The van der Waals surface area contributed by atoms with Crippen molar-refractivity contribution < 1.29 is 0 Å². The molecule has 1 unspecified atom stereocenters. The van der Waals surface area contributed by atoms with Gasteiger partial charge in [-0.15, -0.1) is 0 Å². The molecule has 2 aliphatic rings. The van der Waals surface area contributed by atoms with Crippen LogP contribution >= 0.6 is 0 Å². The lowest BCUT2D eigenvalue weighted by molar-refractivity contribution is 0.664. The molecule has 2 rings (SSSR count). The molecule has 0 bridgehead atoms. The monoisotopic (exact) mass is 136 g/mol. The van der Waals surface area contributed by atoms with Gasteiger partial charge in [0.1, 0.15) is 0 Å². The van der Waals surface area contributed by atoms with E-state index in [9.17, 15) is 0 Å². The molecule has 0 fully saturated rings. The molecule has 0 aromatic carbocycles. The van der Waals surface area contributed by atoms with Gasteiger partial charge in [0.2, 0.25) is 0 Å². The van der Waals surface area contributed by atoms with Crippen LogP contribution in [0.25, 0.3) is 0 Å². The van der Waals surface area contributed by atoms with E-state index in [2.05, 4.69) is 17.2 Å². The highest BCUT2D eigenvalue weighted by molar-refractivity contribution is 5.64. The summed E-state index contributed by atoms with van der Waals surface area (Å²) in [6, 6.07) is 0. The van der Waals surface area contributed by atoms with Gasteiger partial charge in [0.25, 0.3) is 0 Å². The second-order valence-corrected chi connectivity index (χ2v) is 3.00. The van der Waals surface area contributed by atoms with E-state index in [1.807, 2.05) is 6.21 Å². The Balaban J connectivity index is 2.30. The predicted octanol–water partition coefficient (Wildman–Crippen LogP) is 1.30. The summed E-state index contributed by atoms with van der Waals surface area (Å²) in [5.41, 5.74) is 2.68. The van der Waals surface area contributed by atoms with E-state index in [1.54, 1.807) is 0 Å². The van der Waals surface area contributed by atoms with Crippen molar-refractivity contribution >= 4 is 6.21 Å². The minimum absolute atomic E-state index is 0.680. The lowest BCUT2D eigenvalue weighted by atomic mass is 10.1. The van der Waals surface area contributed by atoms with Crippen LogP contribution in [0.3, 0.4) is 0 Å². The van der Waals surface area contributed by atoms with Gasteiger partial charge in [0, 0.05) is 17.8 Å². The molecule has 1 N–H and O–H groups in total. The lowest BCUT2D eigenvalue weighted by Crippen LogP contribution is -2.19. The van der Waals surface area contributed by atoms with Crippen molar-refractivity contribution in [1.29, 1.82) is 0 Å². The molecule has 0 aromatic rings. The Hall–Kier alpha value is -0.790. The average molecular weight is 136 g/mol. The highest BCUT2D eigenvalue weighted by Crippen LogP contribution is 2.31. The first-order chi connectivity index (χ1) is 4.88. The molecule has 1 aliphatic heterocycles. The fraction of sp³-hybridized carbons (Fsp3) is 0.625. The van der Waals surface area contributed by atoms with Gasteiger partial charge in [0.15, 0.2) is 0 Å². The van der Waals surface area contributed by atoms with E-state index in [-0.39, 0.29) is 0 Å². The Kier molecular flexibility index (Phi) is 1.26. The summed E-state index contributed by atoms with van der Waals surface area (Å²) >= 11 is 0. The first-order valence-electron chi connectivity index (χ1n) is 3.87. The number of hydrogen-bond donors (Lipinski definition) is 1. The smallest absolute Gasteiger partial charge is 0.0617 e. The molecular weight excluding hydrogens is 124 g/mol. The highest BCUT2D eigenvalue weighted by atomic mass is 15.0. The van der Waals surface area contributed by atoms with E-state index in [0.717, 1.165) is 6.54 Å². The minimum atomic E-state index is 0.680. The van der Waals surface area contributed by atoms with Crippen LogP contribution < -0.4 is 5.32 Å². The summed E-state index contributed by atoms with van der Waals surface area (Å²) < 4.78 is 0. The van der Waals surface area contributed by atoms with Crippen LogP contribution in [0.2, 0.25) is 0 Å². The van der Waals surface area contributed by atoms with Crippen molar-refractivity contribution in [2.75, 3.05) is 6.54 Å². The van der Waals surface area contributed by atoms with Gasteiger partial charge in [0.05, 0.1) is 12.2 Å². The van der Waals surface area contributed by atoms with Crippen molar-refractivity contribution in [2.45, 2.75) is 19.8 Å². The molecule has 0 amide bonds. The molecule has 10 heavy (non-hydrogen) atoms. The Morgan fingerprint density at radius 2 is 2.60 bits per heavy atom. The molecule has 0 saturated carbocycles. The fourth-order valence-corrected chi connectivity index (χ4v) is 1.62. The van der Waals surface area contributed by atoms with Crippen LogP contribution in [0, 0.1) is 5.92 Å². The molecule has 1 atom stereocenters. The third kappa shape index (κ3) is 0.753. The fourth-order valence-electron chi connectivity index (χ4n) is 1.62. The molecule has 1 heterocycles. The van der Waals surface area contributed by atoms with Gasteiger partial charge >= 0.3 is 0 Å². The second kappa shape index (κ2) is 2.11. The second-order valence-electron chi connectivity index (χ2n) is 3.00. The minimum Gasteiger partial charge on any atom is -0.382 e. The van der Waals surface area contributed by atoms with E-state index in [0.29, 0.717) is 5.92 Å². The average Bonchev–Trinajstić information content (AvgIpc) is 2.34. The number of allylic oxidation sites excluding steroid dienone is 2. The van der Waals surface area contributed by atoms with Crippen LogP contribution in [-0.4, -0.2) is 12.8 Å². The summed E-state index contributed by atoms with van der Waals surface area (Å²) in [5, 5.41) is 3.34. The Labute approximate surface area is 61.0 Å². The van der Waals surface area contributed by atoms with Gasteiger partial charge in [-0.3, -0.25) is 4.99 Å². The first kappa shape index (κ1) is 5.96. The van der Waals surface area contributed by atoms with E-state index in [4.69, 9.17) is 0 Å². The van der Waals surface area contributed by atoms with Crippen LogP contribution in [0.15, 0.2) is 16.4 Å². The number of nitrogens with zero attached hydrogens (tertiary/aromatic N) is 1. The summed E-state index contributed by atoms with van der Waals surface area (Å²) in [7, 11) is 0. The topological polar surface area (TPSA) is 24.4 Å². The van der Waals surface area contributed by atoms with Crippen molar-refractivity contribution in [3.63, 3.8) is 0 Å². The number of aliphatic imine (C=N–C) groups is 1. The Morgan fingerprint density at radius 1 is 1.70 bits per heavy atom. The van der Waals surface area contributed by atoms with Crippen LogP contribution in [0.1, 0.15) is 19.8 Å². The van der Waals surface area contributed by atoms with Crippen molar-refractivity contribution in [2.24, 2.45) is 10.9 Å². The highest BCUT2D eigenvalue weighted by Gasteiger charge is 2.22. The third-order valence-corrected chi connectivity index (χ3v) is 2.24. The largest absolute Gasteiger partial charge is 0.382 e. The van der Waals surface area contributed by atoms with E-state index >= 15 is 0 Å². The molecule has 0 saturated heterocycles. The zero-order chi connectivity index (χ0) is 6.97. The van der Waals surface area contributed by atoms with E-state index < -0.39 is 0 Å². The third-order valence-electron chi connectivity index (χ3n) is 2.24. The van der Waals surface area contributed by atoms with Crippen LogP contribution in [-0.2, 0) is 0 Å². The summed E-state index contributed by atoms with van der Waals surface area (Å²) in [6.07, 6.45) is 4.43. The molecular formula is C8H12N2. The maximum Gasteiger partial charge on any atom is 0.0617 e. The molecule has 2 heteroatoms. The van der Waals surface area contributed by atoms with Gasteiger partial charge in [-0.2, -0.15) is 0 Å². The van der Waals surface area contributed by atoms with Gasteiger partial charge in [-0.1, -0.05) is 6.92 Å². The lowest BCUT2D eigenvalue weighted by Gasteiger charge is -2.11. The maximum atomic E-state index is 4.36. The Morgan fingerprint density at radius 3 is 3.40 bits per heavy atom. The van der Waals surface area contributed by atoms with Gasteiger partial charge < -0.3 is 5.32 Å². The zero-order valence-electron chi connectivity index (χ0n) is 6.22. The van der Waals surface area contributed by atoms with Gasteiger partial charge in [-0.25, -0.2) is 0 Å². The van der Waals surface area contributed by atoms with Crippen molar-refractivity contribution in [3.05, 3.63) is 11.4 Å². The SMILES string of the molecule is CC1CCC2=C1N=CCN2. The Bertz CT molecular complexity index is 203. The number of nitrogens with one attached hydrogen (secondary N) is 1. The standard InChI is InChI=1S/C8H12N2/c1-6-2-3-7-8(6)10-5-4-9-7/h5-6,9H,2-4H2,1H3. The summed E-state index contributed by atoms with van der Waals surface area (Å²) in [4.78, 5) is 4.36. The zero-order valence-corrected chi connectivity index (χ0v) is 6.22. The molecule has 0 aromatic heterocycles. The van der Waals surface area contributed by atoms with Crippen molar-refractivity contribution in [1.82, 2.24) is 5.32 Å². The quantitative estimate of drug-likeness (QED) is 0.533. The van der Waals surface area contributed by atoms with Crippen molar-refractivity contribution in [3.8, 4) is 0 Å². The molecule has 0 spiro atoms. The van der Waals surface area contributed by atoms with E-state index in [1.165, 1.54) is 24.2 Å². The number of hydrogen-bond acceptors (Lipinski definition) is 2. The first-order valence-corrected chi connectivity index (χ1v) is 3.87. The summed E-state index contributed by atoms with van der Waals surface area (Å²) in [5.74, 6) is 0.680. The normalized spacial score (nSPS) is 30.3. The van der Waals surface area contributed by atoms with Crippen LogP contribution in [0.4, 0.5) is 0 Å². The molecule has 0 radical (unpaired) electrons. The molecule has 2 nitrogen and oxygen atoms in total. The summed E-state index contributed by atoms with van der Waals surface area (Å²) in [6.45, 7) is 3.16. The number of rotatable bonds is 0. The molecule has 54 valence electrons. The predicted molar refractivity (Wildman–Crippen MR) is 41.9 cm³/mol. The van der Waals surface area contributed by atoms with Gasteiger partial charge in [-0.05, 0) is 12.8 Å². The maximum absolute atomic E-state index is 4.36.